The summed E-state index contributed by atoms with van der Waals surface area (Å²) in [7, 11) is 1.88. The number of nitrogens with one attached hydrogen (secondary N) is 1. The fraction of sp³-hybridized carbons (Fsp3) is 0.857. The Balaban J connectivity index is 3.53. The van der Waals surface area contributed by atoms with Gasteiger partial charge in [0.25, 0.3) is 0 Å². The number of carbonyl (C=O) groups is 1. The molecule has 0 aromatic heterocycles. The Bertz CT molecular complexity index is 81.0. The molecule has 0 unspecified atom stereocenters. The second kappa shape index (κ2) is 4.50. The molecule has 0 heterocycles. The maximum Gasteiger partial charge on any atom is 0.121 e. The molecule has 0 saturated heterocycles. The van der Waals surface area contributed by atoms with Gasteiger partial charge in [0.2, 0.25) is 0 Å². The van der Waals surface area contributed by atoms with Gasteiger partial charge in [-0.25, -0.2) is 0 Å². The van der Waals surface area contributed by atoms with Gasteiger partial charge in [0, 0.05) is 12.5 Å². The molecule has 0 fully saturated rings. The number of carbonyl (C=O) groups excluding carboxylic acids is 1. The molecule has 0 radical (unpaired) electrons. The molecule has 0 aromatic rings. The zero-order chi connectivity index (χ0) is 7.28. The van der Waals surface area contributed by atoms with E-state index in [0.29, 0.717) is 18.4 Å². The highest BCUT2D eigenvalue weighted by atomic mass is 16.1. The monoisotopic (exact) mass is 129 g/mol. The van der Waals surface area contributed by atoms with Gasteiger partial charge in [-0.05, 0) is 13.0 Å². The summed E-state index contributed by atoms with van der Waals surface area (Å²) in [5, 5.41) is 3.07. The fourth-order valence-corrected chi connectivity index (χ4v) is 0.827. The van der Waals surface area contributed by atoms with Crippen molar-refractivity contribution < 1.29 is 4.79 Å². The number of hydrogen-bond donors (Lipinski definition) is 1. The van der Waals surface area contributed by atoms with Gasteiger partial charge in [-0.1, -0.05) is 13.8 Å². The maximum atomic E-state index is 10.0. The van der Waals surface area contributed by atoms with Gasteiger partial charge in [-0.2, -0.15) is 0 Å². The van der Waals surface area contributed by atoms with E-state index in [1.54, 1.807) is 0 Å². The highest BCUT2D eigenvalue weighted by Gasteiger charge is 2.08. The SMILES string of the molecule is CN[C@H](CC=O)C(C)C. The standard InChI is InChI=1S/C7H15NO/c1-6(2)7(8-3)4-5-9/h5-8H,4H2,1-3H3/t7-/m1/s1. The molecule has 0 spiro atoms. The molecule has 0 rings (SSSR count). The summed E-state index contributed by atoms with van der Waals surface area (Å²) in [5.74, 6) is 0.542. The molecule has 0 aliphatic rings. The van der Waals surface area contributed by atoms with Crippen LogP contribution in [0.5, 0.6) is 0 Å². The van der Waals surface area contributed by atoms with Gasteiger partial charge >= 0.3 is 0 Å². The highest BCUT2D eigenvalue weighted by Crippen LogP contribution is 2.02. The lowest BCUT2D eigenvalue weighted by atomic mass is 10.0. The third-order valence-electron chi connectivity index (χ3n) is 1.53. The normalized spacial score (nSPS) is 13.8. The molecule has 0 saturated carbocycles. The quantitative estimate of drug-likeness (QED) is 0.569. The minimum atomic E-state index is 0.350. The molecule has 54 valence electrons. The summed E-state index contributed by atoms with van der Waals surface area (Å²) < 4.78 is 0. The summed E-state index contributed by atoms with van der Waals surface area (Å²) in [5.41, 5.74) is 0. The van der Waals surface area contributed by atoms with Gasteiger partial charge in [-0.15, -0.1) is 0 Å². The van der Waals surface area contributed by atoms with E-state index in [2.05, 4.69) is 19.2 Å². The summed E-state index contributed by atoms with van der Waals surface area (Å²) in [4.78, 5) is 10.0. The van der Waals surface area contributed by atoms with Crippen molar-refractivity contribution in [1.82, 2.24) is 5.32 Å². The van der Waals surface area contributed by atoms with E-state index in [1.807, 2.05) is 7.05 Å². The maximum absolute atomic E-state index is 10.0. The number of aldehydes is 1. The van der Waals surface area contributed by atoms with Gasteiger partial charge in [0.15, 0.2) is 0 Å². The van der Waals surface area contributed by atoms with Crippen molar-refractivity contribution in [3.63, 3.8) is 0 Å². The molecule has 2 nitrogen and oxygen atoms in total. The Hall–Kier alpha value is -0.370. The van der Waals surface area contributed by atoms with Crippen LogP contribution in [0.4, 0.5) is 0 Å². The van der Waals surface area contributed by atoms with Gasteiger partial charge in [-0.3, -0.25) is 0 Å². The topological polar surface area (TPSA) is 29.1 Å². The van der Waals surface area contributed by atoms with E-state index >= 15 is 0 Å². The Kier molecular flexibility index (Phi) is 4.32. The molecule has 0 aliphatic heterocycles. The minimum Gasteiger partial charge on any atom is -0.316 e. The van der Waals surface area contributed by atoms with Crippen molar-refractivity contribution in [2.45, 2.75) is 26.3 Å². The van der Waals surface area contributed by atoms with E-state index < -0.39 is 0 Å². The number of rotatable bonds is 4. The smallest absolute Gasteiger partial charge is 0.121 e. The first-order valence-electron chi connectivity index (χ1n) is 3.33. The third-order valence-corrected chi connectivity index (χ3v) is 1.53. The van der Waals surface area contributed by atoms with Gasteiger partial charge in [0.05, 0.1) is 0 Å². The molecule has 0 bridgehead atoms. The Morgan fingerprint density at radius 2 is 2.11 bits per heavy atom. The average molecular weight is 129 g/mol. The predicted molar refractivity (Wildman–Crippen MR) is 38.4 cm³/mol. The summed E-state index contributed by atoms with van der Waals surface area (Å²) >= 11 is 0. The van der Waals surface area contributed by atoms with Crippen LogP contribution in [0.15, 0.2) is 0 Å². The van der Waals surface area contributed by atoms with E-state index in [-0.39, 0.29) is 0 Å². The van der Waals surface area contributed by atoms with Crippen LogP contribution >= 0.6 is 0 Å². The molecule has 1 N–H and O–H groups in total. The lowest BCUT2D eigenvalue weighted by Crippen LogP contribution is -2.30. The zero-order valence-electron chi connectivity index (χ0n) is 6.35. The lowest BCUT2D eigenvalue weighted by molar-refractivity contribution is -0.108. The van der Waals surface area contributed by atoms with Crippen LogP contribution in [0.25, 0.3) is 0 Å². The second-order valence-electron chi connectivity index (χ2n) is 2.54. The number of hydrogen-bond acceptors (Lipinski definition) is 2. The van der Waals surface area contributed by atoms with E-state index in [9.17, 15) is 4.79 Å². The molecule has 0 aromatic carbocycles. The van der Waals surface area contributed by atoms with Crippen LogP contribution in [-0.2, 0) is 4.79 Å². The van der Waals surface area contributed by atoms with Crippen LogP contribution < -0.4 is 5.32 Å². The first-order valence-corrected chi connectivity index (χ1v) is 3.33. The van der Waals surface area contributed by atoms with E-state index in [4.69, 9.17) is 0 Å². The first kappa shape index (κ1) is 8.63. The molecule has 0 amide bonds. The summed E-state index contributed by atoms with van der Waals surface area (Å²) in [6, 6.07) is 0.350. The van der Waals surface area contributed by atoms with Gasteiger partial charge < -0.3 is 10.1 Å². The van der Waals surface area contributed by atoms with Crippen molar-refractivity contribution in [1.29, 1.82) is 0 Å². The molecule has 1 atom stereocenters. The van der Waals surface area contributed by atoms with Crippen LogP contribution in [0, 0.1) is 5.92 Å². The Morgan fingerprint density at radius 1 is 1.56 bits per heavy atom. The average Bonchev–Trinajstić information content (AvgIpc) is 1.82. The lowest BCUT2D eigenvalue weighted by Gasteiger charge is -2.16. The van der Waals surface area contributed by atoms with E-state index in [0.717, 1.165) is 6.29 Å². The van der Waals surface area contributed by atoms with Crippen molar-refractivity contribution in [3.8, 4) is 0 Å². The minimum absolute atomic E-state index is 0.350. The molecule has 9 heavy (non-hydrogen) atoms. The molecular formula is C7H15NO. The Labute approximate surface area is 56.6 Å². The summed E-state index contributed by atoms with van der Waals surface area (Å²) in [6.45, 7) is 4.20. The van der Waals surface area contributed by atoms with Crippen LogP contribution in [-0.4, -0.2) is 19.4 Å². The van der Waals surface area contributed by atoms with Crippen molar-refractivity contribution >= 4 is 6.29 Å². The van der Waals surface area contributed by atoms with Crippen molar-refractivity contribution in [3.05, 3.63) is 0 Å². The van der Waals surface area contributed by atoms with Gasteiger partial charge in [0.1, 0.15) is 6.29 Å². The Morgan fingerprint density at radius 3 is 2.22 bits per heavy atom. The third kappa shape index (κ3) is 3.25. The fourth-order valence-electron chi connectivity index (χ4n) is 0.827. The van der Waals surface area contributed by atoms with Crippen LogP contribution in [0.2, 0.25) is 0 Å². The van der Waals surface area contributed by atoms with Crippen molar-refractivity contribution in [2.75, 3.05) is 7.05 Å². The highest BCUT2D eigenvalue weighted by molar-refractivity contribution is 5.50. The van der Waals surface area contributed by atoms with Crippen LogP contribution in [0.1, 0.15) is 20.3 Å². The summed E-state index contributed by atoms with van der Waals surface area (Å²) in [6.07, 6.45) is 1.58. The largest absolute Gasteiger partial charge is 0.316 e. The first-order chi connectivity index (χ1) is 4.22. The predicted octanol–water partition coefficient (Wildman–Crippen LogP) is 0.819. The zero-order valence-corrected chi connectivity index (χ0v) is 6.35. The molecule has 0 aliphatic carbocycles. The molecule has 2 heteroatoms. The second-order valence-corrected chi connectivity index (χ2v) is 2.54. The van der Waals surface area contributed by atoms with Crippen LogP contribution in [0.3, 0.4) is 0 Å². The molecular weight excluding hydrogens is 114 g/mol. The van der Waals surface area contributed by atoms with Crippen molar-refractivity contribution in [2.24, 2.45) is 5.92 Å². The van der Waals surface area contributed by atoms with E-state index in [1.165, 1.54) is 0 Å².